The van der Waals surface area contributed by atoms with Crippen molar-refractivity contribution in [3.63, 3.8) is 0 Å². The zero-order valence-corrected chi connectivity index (χ0v) is 15.0. The van der Waals surface area contributed by atoms with Crippen LogP contribution in [-0.2, 0) is 13.6 Å². The zero-order chi connectivity index (χ0) is 14.9. The summed E-state index contributed by atoms with van der Waals surface area (Å²) in [7, 11) is -4.18. The van der Waals surface area contributed by atoms with Gasteiger partial charge in [0.25, 0.3) is 0 Å². The van der Waals surface area contributed by atoms with Gasteiger partial charge in [-0.25, -0.2) is 4.67 Å². The van der Waals surface area contributed by atoms with Crippen molar-refractivity contribution in [1.29, 1.82) is 0 Å². The topological polar surface area (TPSA) is 42.0 Å². The molecule has 2 unspecified atom stereocenters. The molecule has 0 amide bonds. The average Bonchev–Trinajstić information content (AvgIpc) is 2.40. The second-order valence-corrected chi connectivity index (χ2v) is 9.53. The average molecular weight is 312 g/mol. The maximum absolute atomic E-state index is 13.4. The van der Waals surface area contributed by atoms with Gasteiger partial charge in [0, 0.05) is 26.2 Å². The predicted octanol–water partition coefficient (Wildman–Crippen LogP) is 4.16. The Balaban J connectivity index is 5.41. The second-order valence-electron chi connectivity index (χ2n) is 3.86. The van der Waals surface area contributed by atoms with Crippen molar-refractivity contribution in [2.75, 3.05) is 39.4 Å². The largest absolute Gasteiger partial charge is 0.335 e. The molecule has 0 rings (SSSR count). The van der Waals surface area contributed by atoms with E-state index in [0.29, 0.717) is 26.3 Å². The molecule has 0 bridgehead atoms. The third-order valence-electron chi connectivity index (χ3n) is 2.82. The first-order valence-electron chi connectivity index (χ1n) is 7.23. The van der Waals surface area contributed by atoms with E-state index < -0.39 is 15.2 Å². The van der Waals surface area contributed by atoms with E-state index >= 15 is 0 Å². The molecule has 0 heterocycles. The van der Waals surface area contributed by atoms with Crippen LogP contribution in [0.2, 0.25) is 0 Å². The molecule has 0 aromatic carbocycles. The summed E-state index contributed by atoms with van der Waals surface area (Å²) in [5.41, 5.74) is 0. The monoisotopic (exact) mass is 312 g/mol. The fourth-order valence-corrected chi connectivity index (χ4v) is 9.31. The van der Waals surface area contributed by atoms with E-state index in [-0.39, 0.29) is 0 Å². The highest BCUT2D eigenvalue weighted by Crippen LogP contribution is 2.79. The molecular formula is C12H30N2O3P2. The van der Waals surface area contributed by atoms with Gasteiger partial charge in [-0.1, -0.05) is 27.7 Å². The van der Waals surface area contributed by atoms with Gasteiger partial charge in [-0.05, 0) is 13.8 Å². The lowest BCUT2D eigenvalue weighted by atomic mass is 10.7. The summed E-state index contributed by atoms with van der Waals surface area (Å²) < 4.78 is 29.0. The van der Waals surface area contributed by atoms with Crippen LogP contribution in [0.1, 0.15) is 41.5 Å². The highest BCUT2D eigenvalue weighted by Gasteiger charge is 2.43. The smallest absolute Gasteiger partial charge is 0.334 e. The highest BCUT2D eigenvalue weighted by atomic mass is 32.1. The lowest BCUT2D eigenvalue weighted by Crippen LogP contribution is -2.26. The van der Waals surface area contributed by atoms with E-state index in [1.165, 1.54) is 0 Å². The molecule has 0 aliphatic carbocycles. The molecular weight excluding hydrogens is 282 g/mol. The summed E-state index contributed by atoms with van der Waals surface area (Å²) in [4.78, 5) is 0. The lowest BCUT2D eigenvalue weighted by Gasteiger charge is -2.38. The molecule has 0 radical (unpaired) electrons. The Kier molecular flexibility index (Phi) is 10.5. The Hall–Kier alpha value is 0.500. The Labute approximate surface area is 119 Å². The summed E-state index contributed by atoms with van der Waals surface area (Å²) in [6, 6.07) is 0. The van der Waals surface area contributed by atoms with Crippen LogP contribution in [0.4, 0.5) is 0 Å². The van der Waals surface area contributed by atoms with Crippen LogP contribution >= 0.6 is 15.2 Å². The number of nitrogens with zero attached hydrogens (tertiary/aromatic N) is 2. The third-order valence-corrected chi connectivity index (χ3v) is 10.2. The van der Waals surface area contributed by atoms with Crippen LogP contribution in [0.3, 0.4) is 0 Å². The van der Waals surface area contributed by atoms with Gasteiger partial charge in [0.2, 0.25) is 7.99 Å². The van der Waals surface area contributed by atoms with Crippen molar-refractivity contribution in [2.45, 2.75) is 41.5 Å². The van der Waals surface area contributed by atoms with Gasteiger partial charge in [0.1, 0.15) is 0 Å². The van der Waals surface area contributed by atoms with Crippen molar-refractivity contribution >= 4 is 15.2 Å². The van der Waals surface area contributed by atoms with Gasteiger partial charge in [0.05, 0.1) is 13.2 Å². The van der Waals surface area contributed by atoms with Crippen LogP contribution in [-0.4, -0.2) is 48.7 Å². The number of hydrogen-bond donors (Lipinski definition) is 0. The standard InChI is InChI=1S/C12H30N2O3P2/c1-7-13(8-2)18(16-11-5)19(15,17-12-6)14(9-3)10-4/h7-12H2,1-6H3. The van der Waals surface area contributed by atoms with E-state index in [1.807, 2.05) is 32.4 Å². The van der Waals surface area contributed by atoms with Crippen LogP contribution in [0.5, 0.6) is 0 Å². The van der Waals surface area contributed by atoms with Crippen LogP contribution < -0.4 is 0 Å². The van der Waals surface area contributed by atoms with Gasteiger partial charge in [0.15, 0.2) is 0 Å². The molecule has 0 aliphatic rings. The Morgan fingerprint density at radius 1 is 0.895 bits per heavy atom. The summed E-state index contributed by atoms with van der Waals surface area (Å²) in [6.07, 6.45) is 0. The number of rotatable bonds is 11. The minimum Gasteiger partial charge on any atom is -0.335 e. The first kappa shape index (κ1) is 19.5. The fourth-order valence-electron chi connectivity index (χ4n) is 1.88. The first-order chi connectivity index (χ1) is 9.05. The molecule has 0 spiro atoms. The number of hydrogen-bond acceptors (Lipinski definition) is 4. The molecule has 0 N–H and O–H groups in total. The molecule has 7 heteroatoms. The maximum atomic E-state index is 13.4. The van der Waals surface area contributed by atoms with Crippen LogP contribution in [0, 0.1) is 0 Å². The molecule has 116 valence electrons. The Morgan fingerprint density at radius 2 is 1.42 bits per heavy atom. The third kappa shape index (κ3) is 5.08. The molecule has 5 nitrogen and oxygen atoms in total. The highest BCUT2D eigenvalue weighted by molar-refractivity contribution is 8.26. The summed E-state index contributed by atoms with van der Waals surface area (Å²) in [5.74, 6) is 0. The molecule has 2 atom stereocenters. The molecule has 0 saturated carbocycles. The first-order valence-corrected chi connectivity index (χ1v) is 10.7. The quantitative estimate of drug-likeness (QED) is 0.536. The van der Waals surface area contributed by atoms with Crippen LogP contribution in [0.25, 0.3) is 0 Å². The van der Waals surface area contributed by atoms with Crippen LogP contribution in [0.15, 0.2) is 0 Å². The normalized spacial score (nSPS) is 16.8. The maximum Gasteiger partial charge on any atom is 0.334 e. The molecule has 0 aromatic heterocycles. The lowest BCUT2D eigenvalue weighted by molar-refractivity contribution is 0.275. The van der Waals surface area contributed by atoms with Crippen molar-refractivity contribution < 1.29 is 13.6 Å². The molecule has 0 aromatic rings. The van der Waals surface area contributed by atoms with Crippen molar-refractivity contribution in [1.82, 2.24) is 9.34 Å². The summed E-state index contributed by atoms with van der Waals surface area (Å²) >= 11 is 0. The molecule has 0 saturated heterocycles. The van der Waals surface area contributed by atoms with Crippen molar-refractivity contribution in [3.05, 3.63) is 0 Å². The van der Waals surface area contributed by atoms with E-state index in [0.717, 1.165) is 13.1 Å². The Bertz CT molecular complexity index is 272. The Morgan fingerprint density at radius 3 is 1.74 bits per heavy atom. The van der Waals surface area contributed by atoms with E-state index in [1.54, 1.807) is 0 Å². The van der Waals surface area contributed by atoms with Gasteiger partial charge in [-0.15, -0.1) is 0 Å². The van der Waals surface area contributed by atoms with Gasteiger partial charge < -0.3 is 9.05 Å². The molecule has 0 aliphatic heterocycles. The second kappa shape index (κ2) is 10.3. The zero-order valence-electron chi connectivity index (χ0n) is 13.3. The minimum atomic E-state index is -2.94. The van der Waals surface area contributed by atoms with Crippen molar-refractivity contribution in [2.24, 2.45) is 0 Å². The van der Waals surface area contributed by atoms with Crippen molar-refractivity contribution in [3.8, 4) is 0 Å². The minimum absolute atomic E-state index is 0.445. The van der Waals surface area contributed by atoms with E-state index in [4.69, 9.17) is 9.05 Å². The molecule has 19 heavy (non-hydrogen) atoms. The van der Waals surface area contributed by atoms with E-state index in [2.05, 4.69) is 18.5 Å². The van der Waals surface area contributed by atoms with Gasteiger partial charge >= 0.3 is 7.21 Å². The fraction of sp³-hybridized carbons (Fsp3) is 1.00. The van der Waals surface area contributed by atoms with Gasteiger partial charge in [-0.2, -0.15) is 0 Å². The van der Waals surface area contributed by atoms with E-state index in [9.17, 15) is 4.57 Å². The van der Waals surface area contributed by atoms with Gasteiger partial charge in [-0.3, -0.25) is 9.24 Å². The summed E-state index contributed by atoms with van der Waals surface area (Å²) in [6.45, 7) is 16.0. The predicted molar refractivity (Wildman–Crippen MR) is 83.6 cm³/mol. The SMILES string of the molecule is CCOP(N(CC)CC)P(=O)(OCC)N(CC)CC. The molecule has 0 fully saturated rings. The summed E-state index contributed by atoms with van der Waals surface area (Å²) in [5, 5.41) is 0.